The van der Waals surface area contributed by atoms with Gasteiger partial charge in [-0.15, -0.1) is 8.78 Å². The lowest BCUT2D eigenvalue weighted by Crippen LogP contribution is -2.52. The zero-order valence-electron chi connectivity index (χ0n) is 16.4. The summed E-state index contributed by atoms with van der Waals surface area (Å²) in [5.41, 5.74) is 0.348. The summed E-state index contributed by atoms with van der Waals surface area (Å²) in [5.74, 6) is -4.81. The minimum absolute atomic E-state index is 0.0294. The fourth-order valence-corrected chi connectivity index (χ4v) is 4.63. The number of benzene rings is 1. The van der Waals surface area contributed by atoms with Crippen LogP contribution in [-0.4, -0.2) is 62.3 Å². The van der Waals surface area contributed by atoms with Crippen LogP contribution in [-0.2, 0) is 4.79 Å². The standard InChI is InChI=1S/C18H16F4N6O3S/c1-8(28-3-2-17(19,20)9(6-28)14-23-7-24-27-14)15(29)26-16-25-10-4-11-12(5-13(10)32-16)31-18(21,22)30-11/h4-5,7-9H,2-3,6H2,1H3,(H,23,24,27)(H,25,26,29)/t8-,9?/m0/s1. The summed E-state index contributed by atoms with van der Waals surface area (Å²) in [7, 11) is 0. The van der Waals surface area contributed by atoms with Gasteiger partial charge in [0.15, 0.2) is 16.6 Å². The van der Waals surface area contributed by atoms with Crippen LogP contribution in [0.25, 0.3) is 10.2 Å². The number of likely N-dealkylation sites (tertiary alicyclic amines) is 1. The second-order valence-electron chi connectivity index (χ2n) is 7.55. The molecule has 2 N–H and O–H groups in total. The SMILES string of the molecule is C[C@@H](C(=O)Nc1nc2cc3c(cc2s1)OC(F)(F)O3)N1CCC(F)(F)C(c2ncn[nH]2)C1. The monoisotopic (exact) mass is 472 g/mol. The minimum Gasteiger partial charge on any atom is -0.395 e. The summed E-state index contributed by atoms with van der Waals surface area (Å²) >= 11 is 1.07. The van der Waals surface area contributed by atoms with Crippen LogP contribution in [0.2, 0.25) is 0 Å². The summed E-state index contributed by atoms with van der Waals surface area (Å²) in [5, 5.41) is 9.03. The quantitative estimate of drug-likeness (QED) is 0.562. The molecule has 0 radical (unpaired) electrons. The molecule has 1 unspecified atom stereocenters. The number of amides is 1. The molecule has 14 heteroatoms. The molecule has 3 aromatic rings. The molecule has 2 aliphatic rings. The molecule has 0 spiro atoms. The van der Waals surface area contributed by atoms with Gasteiger partial charge in [-0.1, -0.05) is 11.3 Å². The van der Waals surface area contributed by atoms with E-state index in [0.29, 0.717) is 10.2 Å². The number of piperidine rings is 1. The molecule has 5 rings (SSSR count). The molecular weight excluding hydrogens is 456 g/mol. The lowest BCUT2D eigenvalue weighted by Gasteiger charge is -2.39. The van der Waals surface area contributed by atoms with Crippen molar-refractivity contribution in [3.05, 3.63) is 24.3 Å². The lowest BCUT2D eigenvalue weighted by molar-refractivity contribution is -0.286. The van der Waals surface area contributed by atoms with Gasteiger partial charge >= 0.3 is 6.29 Å². The Morgan fingerprint density at radius 2 is 2.06 bits per heavy atom. The van der Waals surface area contributed by atoms with E-state index < -0.39 is 36.5 Å². The Bertz CT molecular complexity index is 1130. The van der Waals surface area contributed by atoms with Crippen molar-refractivity contribution >= 4 is 32.6 Å². The van der Waals surface area contributed by atoms with E-state index in [0.717, 1.165) is 11.3 Å². The minimum atomic E-state index is -3.73. The van der Waals surface area contributed by atoms with Crippen molar-refractivity contribution in [2.75, 3.05) is 18.4 Å². The van der Waals surface area contributed by atoms with Crippen molar-refractivity contribution in [1.29, 1.82) is 0 Å². The number of halogens is 4. The molecule has 1 amide bonds. The van der Waals surface area contributed by atoms with E-state index in [2.05, 4.69) is 35.0 Å². The third-order valence-corrected chi connectivity index (χ3v) is 6.43. The van der Waals surface area contributed by atoms with Gasteiger partial charge in [0.25, 0.3) is 5.92 Å². The van der Waals surface area contributed by atoms with Gasteiger partial charge in [0.1, 0.15) is 12.2 Å². The third-order valence-electron chi connectivity index (χ3n) is 5.49. The predicted octanol–water partition coefficient (Wildman–Crippen LogP) is 3.19. The molecule has 0 saturated carbocycles. The number of nitrogens with zero attached hydrogens (tertiary/aromatic N) is 4. The van der Waals surface area contributed by atoms with Gasteiger partial charge in [-0.2, -0.15) is 5.10 Å². The van der Waals surface area contributed by atoms with Crippen LogP contribution in [0.1, 0.15) is 25.1 Å². The Hall–Kier alpha value is -3.00. The first kappa shape index (κ1) is 20.9. The number of carbonyl (C=O) groups excluding carboxylic acids is 1. The van der Waals surface area contributed by atoms with Gasteiger partial charge < -0.3 is 14.8 Å². The van der Waals surface area contributed by atoms with Crippen molar-refractivity contribution in [2.45, 2.75) is 37.5 Å². The van der Waals surface area contributed by atoms with Gasteiger partial charge in [-0.25, -0.2) is 18.7 Å². The second kappa shape index (κ2) is 7.27. The molecule has 2 atom stereocenters. The highest BCUT2D eigenvalue weighted by Crippen LogP contribution is 2.45. The van der Waals surface area contributed by atoms with E-state index in [9.17, 15) is 22.4 Å². The van der Waals surface area contributed by atoms with Crippen LogP contribution in [0.3, 0.4) is 0 Å². The Morgan fingerprint density at radius 3 is 2.78 bits per heavy atom. The number of carbonyl (C=O) groups is 1. The van der Waals surface area contributed by atoms with Gasteiger partial charge in [0.2, 0.25) is 5.91 Å². The van der Waals surface area contributed by atoms with Crippen LogP contribution >= 0.6 is 11.3 Å². The summed E-state index contributed by atoms with van der Waals surface area (Å²) in [6.07, 6.45) is -2.98. The molecule has 0 bridgehead atoms. The van der Waals surface area contributed by atoms with Crippen LogP contribution in [0.5, 0.6) is 11.5 Å². The molecule has 2 aliphatic heterocycles. The Balaban J connectivity index is 1.29. The highest BCUT2D eigenvalue weighted by molar-refractivity contribution is 7.22. The van der Waals surface area contributed by atoms with Crippen molar-refractivity contribution in [3.8, 4) is 11.5 Å². The topological polar surface area (TPSA) is 105 Å². The number of alkyl halides is 4. The fraction of sp³-hybridized carbons (Fsp3) is 0.444. The van der Waals surface area contributed by atoms with E-state index in [1.54, 1.807) is 11.8 Å². The van der Waals surface area contributed by atoms with Crippen LogP contribution in [0.15, 0.2) is 18.5 Å². The smallest absolute Gasteiger partial charge is 0.395 e. The normalized spacial score (nSPS) is 22.7. The summed E-state index contributed by atoms with van der Waals surface area (Å²) in [4.78, 5) is 22.5. The first-order valence-corrected chi connectivity index (χ1v) is 10.4. The molecule has 0 aliphatic carbocycles. The summed E-state index contributed by atoms with van der Waals surface area (Å²) in [6.45, 7) is 1.57. The number of fused-ring (bicyclic) bond motifs is 2. The van der Waals surface area contributed by atoms with Gasteiger partial charge in [-0.3, -0.25) is 14.8 Å². The number of anilines is 1. The van der Waals surface area contributed by atoms with Gasteiger partial charge in [0, 0.05) is 31.6 Å². The van der Waals surface area contributed by atoms with E-state index in [1.165, 1.54) is 18.5 Å². The van der Waals surface area contributed by atoms with Crippen molar-refractivity contribution in [2.24, 2.45) is 0 Å². The lowest BCUT2D eigenvalue weighted by atomic mass is 9.92. The number of hydrogen-bond donors (Lipinski definition) is 2. The predicted molar refractivity (Wildman–Crippen MR) is 104 cm³/mol. The summed E-state index contributed by atoms with van der Waals surface area (Å²) < 4.78 is 64.5. The van der Waals surface area contributed by atoms with E-state index in [4.69, 9.17) is 0 Å². The van der Waals surface area contributed by atoms with Crippen molar-refractivity contribution < 1.29 is 31.8 Å². The van der Waals surface area contributed by atoms with Crippen LogP contribution in [0, 0.1) is 0 Å². The van der Waals surface area contributed by atoms with E-state index in [-0.39, 0.29) is 35.5 Å². The highest BCUT2D eigenvalue weighted by Gasteiger charge is 2.48. The Morgan fingerprint density at radius 1 is 1.31 bits per heavy atom. The Kier molecular flexibility index (Phi) is 4.74. The van der Waals surface area contributed by atoms with Crippen molar-refractivity contribution in [1.82, 2.24) is 25.1 Å². The van der Waals surface area contributed by atoms with Crippen molar-refractivity contribution in [3.63, 3.8) is 0 Å². The highest BCUT2D eigenvalue weighted by atomic mass is 32.1. The zero-order chi connectivity index (χ0) is 22.7. The molecule has 4 heterocycles. The number of H-pyrrole nitrogens is 1. The fourth-order valence-electron chi connectivity index (χ4n) is 3.75. The Labute approximate surface area is 181 Å². The van der Waals surface area contributed by atoms with Crippen LogP contribution < -0.4 is 14.8 Å². The molecule has 1 saturated heterocycles. The first-order chi connectivity index (χ1) is 15.1. The van der Waals surface area contributed by atoms with Crippen LogP contribution in [0.4, 0.5) is 22.7 Å². The van der Waals surface area contributed by atoms with Gasteiger partial charge in [0.05, 0.1) is 22.2 Å². The molecule has 1 fully saturated rings. The number of rotatable bonds is 4. The number of thiazole rings is 1. The third kappa shape index (κ3) is 3.72. The maximum absolute atomic E-state index is 14.4. The van der Waals surface area contributed by atoms with E-state index >= 15 is 0 Å². The molecule has 9 nitrogen and oxygen atoms in total. The largest absolute Gasteiger partial charge is 0.586 e. The molecule has 32 heavy (non-hydrogen) atoms. The molecule has 2 aromatic heterocycles. The average Bonchev–Trinajstić information content (AvgIpc) is 3.42. The number of nitrogens with one attached hydrogen (secondary N) is 2. The number of hydrogen-bond acceptors (Lipinski definition) is 8. The summed E-state index contributed by atoms with van der Waals surface area (Å²) in [6, 6.07) is 1.94. The molecule has 170 valence electrons. The van der Waals surface area contributed by atoms with Gasteiger partial charge in [-0.05, 0) is 6.92 Å². The number of aromatic amines is 1. The number of aromatic nitrogens is 4. The number of ether oxygens (including phenoxy) is 2. The molecular formula is C18H16F4N6O3S. The van der Waals surface area contributed by atoms with E-state index in [1.807, 2.05) is 0 Å². The average molecular weight is 472 g/mol. The maximum Gasteiger partial charge on any atom is 0.586 e. The molecule has 1 aromatic carbocycles. The zero-order valence-corrected chi connectivity index (χ0v) is 17.3. The maximum atomic E-state index is 14.4. The second-order valence-corrected chi connectivity index (χ2v) is 8.58. The first-order valence-electron chi connectivity index (χ1n) is 9.60.